The zero-order chi connectivity index (χ0) is 25.1. The van der Waals surface area contributed by atoms with Gasteiger partial charge in [0.05, 0.1) is 28.6 Å². The van der Waals surface area contributed by atoms with E-state index in [9.17, 15) is 14.0 Å². The maximum atomic E-state index is 13.4. The summed E-state index contributed by atoms with van der Waals surface area (Å²) in [6.45, 7) is 0. The van der Waals surface area contributed by atoms with Crippen LogP contribution < -0.4 is 10.9 Å². The monoisotopic (exact) mass is 497 g/mol. The number of amides is 1. The third-order valence-corrected chi connectivity index (χ3v) is 5.70. The lowest BCUT2D eigenvalue weighted by Gasteiger charge is -2.09. The van der Waals surface area contributed by atoms with Crippen LogP contribution in [0.1, 0.15) is 15.9 Å². The molecule has 0 aliphatic heterocycles. The van der Waals surface area contributed by atoms with Gasteiger partial charge in [0.15, 0.2) is 0 Å². The second kappa shape index (κ2) is 9.93. The van der Waals surface area contributed by atoms with Crippen molar-refractivity contribution in [3.05, 3.63) is 123 Å². The molecule has 0 unspecified atom stereocenters. The smallest absolute Gasteiger partial charge is 0.271 e. The Balaban J connectivity index is 1.46. The van der Waals surface area contributed by atoms with Crippen molar-refractivity contribution < 1.29 is 13.6 Å². The number of carbonyl (C=O) groups is 1. The molecule has 5 rings (SSSR count). The van der Waals surface area contributed by atoms with E-state index in [1.165, 1.54) is 24.6 Å². The van der Waals surface area contributed by atoms with Gasteiger partial charge in [-0.1, -0.05) is 35.9 Å². The first-order valence-electron chi connectivity index (χ1n) is 10.9. The van der Waals surface area contributed by atoms with Crippen LogP contribution in [0.3, 0.4) is 0 Å². The van der Waals surface area contributed by atoms with Crippen LogP contribution in [-0.4, -0.2) is 17.1 Å². The summed E-state index contributed by atoms with van der Waals surface area (Å²) >= 11 is 6.01. The van der Waals surface area contributed by atoms with Crippen molar-refractivity contribution >= 4 is 34.7 Å². The fourth-order valence-electron chi connectivity index (χ4n) is 3.61. The van der Waals surface area contributed by atoms with Gasteiger partial charge in [0, 0.05) is 21.7 Å². The number of nitrogens with zero attached hydrogens (tertiary/aromatic N) is 2. The molecule has 0 saturated carbocycles. The van der Waals surface area contributed by atoms with Crippen molar-refractivity contribution in [2.75, 3.05) is 0 Å². The van der Waals surface area contributed by atoms with E-state index in [2.05, 4.69) is 15.5 Å². The number of hydrogen-bond acceptors (Lipinski definition) is 5. The lowest BCUT2D eigenvalue weighted by atomic mass is 10.0. The van der Waals surface area contributed by atoms with Gasteiger partial charge in [0.1, 0.15) is 17.7 Å². The topological polar surface area (TPSA) is 84.6 Å². The third-order valence-electron chi connectivity index (χ3n) is 5.44. The Bertz CT molecular complexity index is 1600. The van der Waals surface area contributed by atoms with Crippen LogP contribution in [-0.2, 0) is 0 Å². The summed E-state index contributed by atoms with van der Waals surface area (Å²) in [5, 5.41) is 4.93. The van der Waals surface area contributed by atoms with E-state index < -0.39 is 5.91 Å². The van der Waals surface area contributed by atoms with E-state index in [-0.39, 0.29) is 22.4 Å². The maximum absolute atomic E-state index is 13.4. The number of pyridine rings is 1. The maximum Gasteiger partial charge on any atom is 0.271 e. The first-order chi connectivity index (χ1) is 17.5. The van der Waals surface area contributed by atoms with E-state index in [1.807, 2.05) is 0 Å². The lowest BCUT2D eigenvalue weighted by Crippen LogP contribution is -2.19. The Morgan fingerprint density at radius 2 is 1.58 bits per heavy atom. The Morgan fingerprint density at radius 3 is 2.28 bits per heavy atom. The van der Waals surface area contributed by atoms with Crippen LogP contribution in [0.25, 0.3) is 33.5 Å². The molecule has 0 atom stereocenters. The van der Waals surface area contributed by atoms with E-state index >= 15 is 0 Å². The molecule has 8 heteroatoms. The molecule has 176 valence electrons. The van der Waals surface area contributed by atoms with Gasteiger partial charge in [-0.15, -0.1) is 0 Å². The zero-order valence-corrected chi connectivity index (χ0v) is 19.4. The van der Waals surface area contributed by atoms with Crippen LogP contribution in [0.5, 0.6) is 0 Å². The van der Waals surface area contributed by atoms with E-state index in [0.717, 1.165) is 5.56 Å². The SMILES string of the molecule is O=C(N/N=C\c1coc2ccccc2c1=O)c1cc(-c2ccc(F)cc2)nc(-c2ccc(Cl)cc2)c1. The molecule has 1 N–H and O–H groups in total. The molecule has 36 heavy (non-hydrogen) atoms. The number of nitrogens with one attached hydrogen (secondary N) is 1. The van der Waals surface area contributed by atoms with E-state index in [1.54, 1.807) is 72.8 Å². The van der Waals surface area contributed by atoms with Gasteiger partial charge in [0.25, 0.3) is 5.91 Å². The summed E-state index contributed by atoms with van der Waals surface area (Å²) < 4.78 is 18.9. The number of fused-ring (bicyclic) bond motifs is 1. The Morgan fingerprint density at radius 1 is 0.944 bits per heavy atom. The number of rotatable bonds is 5. The van der Waals surface area contributed by atoms with Gasteiger partial charge >= 0.3 is 0 Å². The molecule has 5 aromatic rings. The van der Waals surface area contributed by atoms with Gasteiger partial charge in [-0.2, -0.15) is 5.10 Å². The van der Waals surface area contributed by atoms with Crippen LogP contribution in [0.4, 0.5) is 4.39 Å². The molecule has 0 fully saturated rings. The number of aromatic nitrogens is 1. The Hall–Kier alpha value is -4.62. The second-order valence-corrected chi connectivity index (χ2v) is 8.29. The van der Waals surface area contributed by atoms with Crippen molar-refractivity contribution in [2.24, 2.45) is 5.10 Å². The van der Waals surface area contributed by atoms with E-state index in [0.29, 0.717) is 32.9 Å². The van der Waals surface area contributed by atoms with Gasteiger partial charge in [-0.25, -0.2) is 14.8 Å². The van der Waals surface area contributed by atoms with E-state index in [4.69, 9.17) is 16.0 Å². The summed E-state index contributed by atoms with van der Waals surface area (Å²) in [4.78, 5) is 30.2. The summed E-state index contributed by atoms with van der Waals surface area (Å²) in [5.41, 5.74) is 5.49. The minimum Gasteiger partial charge on any atom is -0.463 e. The molecule has 1 amide bonds. The third kappa shape index (κ3) is 4.92. The first kappa shape index (κ1) is 23.1. The highest BCUT2D eigenvalue weighted by Crippen LogP contribution is 2.26. The predicted molar refractivity (Wildman–Crippen MR) is 138 cm³/mol. The standard InChI is InChI=1S/C28H17ClFN3O3/c29-21-9-5-17(6-10-21)24-13-19(14-25(32-24)18-7-11-22(30)12-8-18)28(35)33-31-15-20-16-36-26-4-2-1-3-23(26)27(20)34/h1-16H,(H,33,35)/b31-15-. The Labute approximate surface area is 209 Å². The predicted octanol–water partition coefficient (Wildman–Crippen LogP) is 6.08. The highest BCUT2D eigenvalue weighted by Gasteiger charge is 2.13. The lowest BCUT2D eigenvalue weighted by molar-refractivity contribution is 0.0955. The molecule has 2 aromatic heterocycles. The molecule has 0 aliphatic carbocycles. The number of hydrazone groups is 1. The fraction of sp³-hybridized carbons (Fsp3) is 0. The van der Waals surface area contributed by atoms with Crippen molar-refractivity contribution in [2.45, 2.75) is 0 Å². The molecular weight excluding hydrogens is 481 g/mol. The van der Waals surface area contributed by atoms with Crippen LogP contribution in [0.15, 0.2) is 106 Å². The van der Waals surface area contributed by atoms with Crippen LogP contribution in [0.2, 0.25) is 5.02 Å². The number of halogens is 2. The minimum absolute atomic E-state index is 0.192. The highest BCUT2D eigenvalue weighted by molar-refractivity contribution is 6.30. The zero-order valence-electron chi connectivity index (χ0n) is 18.6. The largest absolute Gasteiger partial charge is 0.463 e. The molecule has 0 aliphatic rings. The average Bonchev–Trinajstić information content (AvgIpc) is 2.90. The Kier molecular flexibility index (Phi) is 6.38. The molecule has 0 spiro atoms. The molecule has 3 aromatic carbocycles. The molecule has 2 heterocycles. The average molecular weight is 498 g/mol. The van der Waals surface area contributed by atoms with Gasteiger partial charge in [0.2, 0.25) is 5.43 Å². The molecular formula is C28H17ClFN3O3. The van der Waals surface area contributed by atoms with Crippen molar-refractivity contribution in [3.8, 4) is 22.5 Å². The number of benzene rings is 3. The number of hydrogen-bond donors (Lipinski definition) is 1. The summed E-state index contributed by atoms with van der Waals surface area (Å²) in [5.74, 6) is -0.893. The van der Waals surface area contributed by atoms with Crippen molar-refractivity contribution in [3.63, 3.8) is 0 Å². The normalized spacial score (nSPS) is 11.2. The molecule has 0 radical (unpaired) electrons. The molecule has 0 saturated heterocycles. The molecule has 0 bridgehead atoms. The quantitative estimate of drug-likeness (QED) is 0.235. The molecule has 6 nitrogen and oxygen atoms in total. The van der Waals surface area contributed by atoms with Crippen molar-refractivity contribution in [1.82, 2.24) is 10.4 Å². The first-order valence-corrected chi connectivity index (χ1v) is 11.2. The van der Waals surface area contributed by atoms with Crippen LogP contribution >= 0.6 is 11.6 Å². The van der Waals surface area contributed by atoms with Crippen LogP contribution in [0, 0.1) is 5.82 Å². The van der Waals surface area contributed by atoms with Gasteiger partial charge in [-0.05, 0) is 60.7 Å². The summed E-state index contributed by atoms with van der Waals surface area (Å²) in [6.07, 6.45) is 2.52. The highest BCUT2D eigenvalue weighted by atomic mass is 35.5. The number of para-hydroxylation sites is 1. The minimum atomic E-state index is -0.516. The summed E-state index contributed by atoms with van der Waals surface area (Å²) in [6, 6.07) is 22.9. The summed E-state index contributed by atoms with van der Waals surface area (Å²) in [7, 11) is 0. The van der Waals surface area contributed by atoms with Gasteiger partial charge in [-0.3, -0.25) is 9.59 Å². The number of carbonyl (C=O) groups excluding carboxylic acids is 1. The fourth-order valence-corrected chi connectivity index (χ4v) is 3.73. The second-order valence-electron chi connectivity index (χ2n) is 7.86. The van der Waals surface area contributed by atoms with Gasteiger partial charge < -0.3 is 4.42 Å². The van der Waals surface area contributed by atoms with Crippen molar-refractivity contribution in [1.29, 1.82) is 0 Å².